The zero-order valence-electron chi connectivity index (χ0n) is 14.3. The van der Waals surface area contributed by atoms with Crippen LogP contribution in [0.15, 0.2) is 42.5 Å². The number of carbonyl (C=O) groups excluding carboxylic acids is 2. The van der Waals surface area contributed by atoms with Crippen molar-refractivity contribution in [3.05, 3.63) is 48.0 Å². The van der Waals surface area contributed by atoms with Gasteiger partial charge in [0, 0.05) is 30.4 Å². The van der Waals surface area contributed by atoms with Crippen LogP contribution in [-0.4, -0.2) is 39.7 Å². The van der Waals surface area contributed by atoms with Crippen LogP contribution in [0.3, 0.4) is 0 Å². The second-order valence-corrected chi connectivity index (χ2v) is 5.05. The number of amides is 2. The minimum atomic E-state index is -0.319. The molecule has 2 amide bonds. The van der Waals surface area contributed by atoms with Crippen LogP contribution in [0.2, 0.25) is 0 Å². The molecule has 132 valence electrons. The highest BCUT2D eigenvalue weighted by Crippen LogP contribution is 2.24. The van der Waals surface area contributed by atoms with Gasteiger partial charge in [-0.15, -0.1) is 0 Å². The minimum absolute atomic E-state index is 0.0962. The summed E-state index contributed by atoms with van der Waals surface area (Å²) in [5.41, 5.74) is 0.939. The van der Waals surface area contributed by atoms with Gasteiger partial charge in [-0.1, -0.05) is 6.07 Å². The second kappa shape index (κ2) is 8.58. The number of nitrogens with one attached hydrogen (secondary N) is 2. The molecule has 0 saturated heterocycles. The van der Waals surface area contributed by atoms with Crippen LogP contribution in [0.5, 0.6) is 17.2 Å². The van der Waals surface area contributed by atoms with E-state index in [2.05, 4.69) is 10.6 Å². The lowest BCUT2D eigenvalue weighted by Crippen LogP contribution is -2.24. The first-order chi connectivity index (χ1) is 12.0. The Hall–Kier alpha value is -3.22. The van der Waals surface area contributed by atoms with Gasteiger partial charge in [0.1, 0.15) is 17.2 Å². The standard InChI is InChI=1S/C18H20N2O5/c1-19-17(21)11-25-14-6-4-5-13(9-14)20-18(22)12-7-15(23-2)10-16(8-12)24-3/h4-10H,11H2,1-3H3,(H,19,21)(H,20,22). The summed E-state index contributed by atoms with van der Waals surface area (Å²) in [6.45, 7) is -0.0962. The molecule has 0 aromatic heterocycles. The molecule has 2 N–H and O–H groups in total. The first kappa shape index (κ1) is 18.1. The number of anilines is 1. The molecule has 2 rings (SSSR count). The molecular formula is C18H20N2O5. The fourth-order valence-corrected chi connectivity index (χ4v) is 2.03. The van der Waals surface area contributed by atoms with E-state index in [4.69, 9.17) is 14.2 Å². The van der Waals surface area contributed by atoms with Gasteiger partial charge in [-0.25, -0.2) is 0 Å². The summed E-state index contributed by atoms with van der Waals surface area (Å²) in [4.78, 5) is 23.7. The van der Waals surface area contributed by atoms with Crippen molar-refractivity contribution < 1.29 is 23.8 Å². The van der Waals surface area contributed by atoms with Crippen LogP contribution in [-0.2, 0) is 4.79 Å². The molecule has 0 radical (unpaired) electrons. The molecule has 0 fully saturated rings. The van der Waals surface area contributed by atoms with Crippen molar-refractivity contribution in [1.29, 1.82) is 0 Å². The predicted octanol–water partition coefficient (Wildman–Crippen LogP) is 2.08. The summed E-state index contributed by atoms with van der Waals surface area (Å²) >= 11 is 0. The molecule has 0 bridgehead atoms. The number of carbonyl (C=O) groups is 2. The fourth-order valence-electron chi connectivity index (χ4n) is 2.03. The van der Waals surface area contributed by atoms with Crippen molar-refractivity contribution >= 4 is 17.5 Å². The number of hydrogen-bond donors (Lipinski definition) is 2. The normalized spacial score (nSPS) is 9.88. The molecule has 0 saturated carbocycles. The Morgan fingerprint density at radius 1 is 0.960 bits per heavy atom. The van der Waals surface area contributed by atoms with Gasteiger partial charge in [-0.05, 0) is 24.3 Å². The summed E-state index contributed by atoms with van der Waals surface area (Å²) in [6.07, 6.45) is 0. The number of ether oxygens (including phenoxy) is 3. The fraction of sp³-hybridized carbons (Fsp3) is 0.222. The van der Waals surface area contributed by atoms with Gasteiger partial charge in [0.15, 0.2) is 6.61 Å². The summed E-state index contributed by atoms with van der Waals surface area (Å²) < 4.78 is 15.7. The van der Waals surface area contributed by atoms with E-state index in [1.165, 1.54) is 21.3 Å². The highest BCUT2D eigenvalue weighted by Gasteiger charge is 2.11. The van der Waals surface area contributed by atoms with E-state index in [1.807, 2.05) is 0 Å². The molecular weight excluding hydrogens is 324 g/mol. The SMILES string of the molecule is CNC(=O)COc1cccc(NC(=O)c2cc(OC)cc(OC)c2)c1. The van der Waals surface area contributed by atoms with Gasteiger partial charge in [0.2, 0.25) is 0 Å². The minimum Gasteiger partial charge on any atom is -0.497 e. The van der Waals surface area contributed by atoms with E-state index in [-0.39, 0.29) is 18.4 Å². The third kappa shape index (κ3) is 5.13. The quantitative estimate of drug-likeness (QED) is 0.803. The van der Waals surface area contributed by atoms with Gasteiger partial charge >= 0.3 is 0 Å². The number of benzene rings is 2. The summed E-state index contributed by atoms with van der Waals surface area (Å²) in [5.74, 6) is 0.961. The van der Waals surface area contributed by atoms with Gasteiger partial charge in [0.05, 0.1) is 14.2 Å². The van der Waals surface area contributed by atoms with Crippen LogP contribution >= 0.6 is 0 Å². The molecule has 0 atom stereocenters. The van der Waals surface area contributed by atoms with Crippen molar-refractivity contribution in [3.8, 4) is 17.2 Å². The Bertz CT molecular complexity index is 739. The molecule has 2 aromatic rings. The van der Waals surface area contributed by atoms with Crippen LogP contribution in [0.25, 0.3) is 0 Å². The van der Waals surface area contributed by atoms with E-state index in [1.54, 1.807) is 42.5 Å². The first-order valence-corrected chi connectivity index (χ1v) is 7.53. The topological polar surface area (TPSA) is 85.9 Å². The van der Waals surface area contributed by atoms with Gasteiger partial charge < -0.3 is 24.8 Å². The Labute approximate surface area is 145 Å². The Morgan fingerprint density at radius 3 is 2.24 bits per heavy atom. The zero-order chi connectivity index (χ0) is 18.2. The average Bonchev–Trinajstić information content (AvgIpc) is 2.65. The van der Waals surface area contributed by atoms with Crippen LogP contribution in [0, 0.1) is 0 Å². The maximum absolute atomic E-state index is 12.4. The van der Waals surface area contributed by atoms with E-state index in [0.717, 1.165) is 0 Å². The molecule has 0 spiro atoms. The van der Waals surface area contributed by atoms with E-state index < -0.39 is 0 Å². The highest BCUT2D eigenvalue weighted by atomic mass is 16.5. The molecule has 25 heavy (non-hydrogen) atoms. The second-order valence-electron chi connectivity index (χ2n) is 5.05. The predicted molar refractivity (Wildman–Crippen MR) is 93.5 cm³/mol. The number of likely N-dealkylation sites (N-methyl/N-ethyl adjacent to an activating group) is 1. The Morgan fingerprint density at radius 2 is 1.64 bits per heavy atom. The van der Waals surface area contributed by atoms with Crippen molar-refractivity contribution in [2.24, 2.45) is 0 Å². The number of methoxy groups -OCH3 is 2. The van der Waals surface area contributed by atoms with Crippen molar-refractivity contribution in [1.82, 2.24) is 5.32 Å². The van der Waals surface area contributed by atoms with Crippen molar-refractivity contribution in [2.75, 3.05) is 33.2 Å². The van der Waals surface area contributed by atoms with Crippen molar-refractivity contribution in [2.45, 2.75) is 0 Å². The first-order valence-electron chi connectivity index (χ1n) is 7.53. The van der Waals surface area contributed by atoms with Gasteiger partial charge in [-0.2, -0.15) is 0 Å². The molecule has 0 aliphatic rings. The monoisotopic (exact) mass is 344 g/mol. The third-order valence-electron chi connectivity index (χ3n) is 3.35. The number of rotatable bonds is 7. The summed E-state index contributed by atoms with van der Waals surface area (Å²) in [5, 5.41) is 5.24. The molecule has 7 heteroatoms. The van der Waals surface area contributed by atoms with Crippen LogP contribution in [0.4, 0.5) is 5.69 Å². The zero-order valence-corrected chi connectivity index (χ0v) is 14.3. The van der Waals surface area contributed by atoms with E-state index >= 15 is 0 Å². The van der Waals surface area contributed by atoms with Crippen LogP contribution in [0.1, 0.15) is 10.4 Å². The third-order valence-corrected chi connectivity index (χ3v) is 3.35. The lowest BCUT2D eigenvalue weighted by molar-refractivity contribution is -0.122. The van der Waals surface area contributed by atoms with E-state index in [0.29, 0.717) is 28.5 Å². The summed E-state index contributed by atoms with van der Waals surface area (Å²) in [7, 11) is 4.57. The van der Waals surface area contributed by atoms with E-state index in [9.17, 15) is 9.59 Å². The smallest absolute Gasteiger partial charge is 0.257 e. The lowest BCUT2D eigenvalue weighted by atomic mass is 10.1. The van der Waals surface area contributed by atoms with Gasteiger partial charge in [-0.3, -0.25) is 9.59 Å². The molecule has 0 unspecified atom stereocenters. The molecule has 0 aliphatic heterocycles. The highest BCUT2D eigenvalue weighted by molar-refractivity contribution is 6.04. The summed E-state index contributed by atoms with van der Waals surface area (Å²) in [6, 6.07) is 11.7. The maximum atomic E-state index is 12.4. The molecule has 0 heterocycles. The molecule has 7 nitrogen and oxygen atoms in total. The Kier molecular flexibility index (Phi) is 6.22. The van der Waals surface area contributed by atoms with Crippen LogP contribution < -0.4 is 24.8 Å². The van der Waals surface area contributed by atoms with Crippen molar-refractivity contribution in [3.63, 3.8) is 0 Å². The average molecular weight is 344 g/mol. The molecule has 2 aromatic carbocycles. The molecule has 0 aliphatic carbocycles. The Balaban J connectivity index is 2.11. The maximum Gasteiger partial charge on any atom is 0.257 e. The number of hydrogen-bond acceptors (Lipinski definition) is 5. The van der Waals surface area contributed by atoms with Gasteiger partial charge in [0.25, 0.3) is 11.8 Å². The largest absolute Gasteiger partial charge is 0.497 e. The lowest BCUT2D eigenvalue weighted by Gasteiger charge is -2.10.